The maximum atomic E-state index is 14.3. The van der Waals surface area contributed by atoms with E-state index in [9.17, 15) is 27.2 Å². The van der Waals surface area contributed by atoms with E-state index in [0.717, 1.165) is 12.1 Å². The number of alkyl halides is 3. The molecule has 1 spiro atoms. The van der Waals surface area contributed by atoms with Crippen LogP contribution in [0.4, 0.5) is 17.6 Å². The van der Waals surface area contributed by atoms with Crippen molar-refractivity contribution >= 4 is 11.8 Å². The number of likely N-dealkylation sites (tertiary alicyclic amines) is 1. The Morgan fingerprint density at radius 1 is 0.941 bits per heavy atom. The predicted octanol–water partition coefficient (Wildman–Crippen LogP) is 2.90. The minimum Gasteiger partial charge on any atom is -0.378 e. The molecule has 0 aliphatic carbocycles. The number of nitrogens with zero attached hydrogens (tertiary/aromatic N) is 3. The number of piperazine rings is 1. The zero-order chi connectivity index (χ0) is 24.1. The van der Waals surface area contributed by atoms with E-state index >= 15 is 0 Å². The lowest BCUT2D eigenvalue weighted by Crippen LogP contribution is -2.81. The summed E-state index contributed by atoms with van der Waals surface area (Å²) in [6.45, 7) is 2.97. The van der Waals surface area contributed by atoms with Crippen LogP contribution in [0.2, 0.25) is 0 Å². The third kappa shape index (κ3) is 3.94. The first-order valence-electron chi connectivity index (χ1n) is 11.0. The summed E-state index contributed by atoms with van der Waals surface area (Å²) in [6, 6.07) is 9.92. The van der Waals surface area contributed by atoms with Gasteiger partial charge in [0.05, 0.1) is 35.9 Å². The van der Waals surface area contributed by atoms with Crippen LogP contribution in [0.3, 0.4) is 0 Å². The molecule has 3 fully saturated rings. The summed E-state index contributed by atoms with van der Waals surface area (Å²) in [5.41, 5.74) is -1.14. The van der Waals surface area contributed by atoms with Gasteiger partial charge >= 0.3 is 6.18 Å². The molecule has 0 N–H and O–H groups in total. The number of hydrogen-bond donors (Lipinski definition) is 0. The largest absolute Gasteiger partial charge is 0.416 e. The SMILES string of the molecule is O=C(c1ccc(C(F)(F)F)cc1)N1CC2(C1)CN(C(=O)c1ccccc1F)C[C@@H]1COCCN12. The van der Waals surface area contributed by atoms with Crippen LogP contribution in [-0.2, 0) is 10.9 Å². The quantitative estimate of drug-likeness (QED) is 0.625. The Morgan fingerprint density at radius 3 is 2.29 bits per heavy atom. The fourth-order valence-corrected chi connectivity index (χ4v) is 5.23. The Hall–Kier alpha value is -2.98. The van der Waals surface area contributed by atoms with E-state index < -0.39 is 29.0 Å². The minimum absolute atomic E-state index is 0.000150. The van der Waals surface area contributed by atoms with Gasteiger partial charge in [-0.2, -0.15) is 13.2 Å². The number of amides is 2. The third-order valence-electron chi connectivity index (χ3n) is 6.86. The first-order valence-corrected chi connectivity index (χ1v) is 11.0. The average Bonchev–Trinajstić information content (AvgIpc) is 2.81. The molecule has 2 aromatic rings. The Kier molecular flexibility index (Phi) is 5.60. The highest BCUT2D eigenvalue weighted by Gasteiger charge is 2.56. The number of carbonyl (C=O) groups excluding carboxylic acids is 2. The summed E-state index contributed by atoms with van der Waals surface area (Å²) < 4.78 is 58.4. The van der Waals surface area contributed by atoms with Crippen LogP contribution in [0.25, 0.3) is 0 Å². The summed E-state index contributed by atoms with van der Waals surface area (Å²) in [7, 11) is 0. The van der Waals surface area contributed by atoms with Gasteiger partial charge < -0.3 is 14.5 Å². The molecule has 0 unspecified atom stereocenters. The van der Waals surface area contributed by atoms with Gasteiger partial charge in [-0.15, -0.1) is 0 Å². The van der Waals surface area contributed by atoms with Gasteiger partial charge in [-0.25, -0.2) is 4.39 Å². The Balaban J connectivity index is 1.34. The normalized spacial score (nSPS) is 22.3. The Morgan fingerprint density at radius 2 is 1.62 bits per heavy atom. The lowest BCUT2D eigenvalue weighted by atomic mass is 9.82. The number of benzene rings is 2. The highest BCUT2D eigenvalue weighted by atomic mass is 19.4. The molecule has 180 valence electrons. The van der Waals surface area contributed by atoms with Crippen LogP contribution in [-0.4, -0.2) is 84.0 Å². The van der Waals surface area contributed by atoms with Crippen LogP contribution < -0.4 is 0 Å². The first kappa shape index (κ1) is 22.8. The highest BCUT2D eigenvalue weighted by molar-refractivity contribution is 5.96. The fraction of sp³-hybridized carbons (Fsp3) is 0.417. The number of halogens is 4. The number of fused-ring (bicyclic) bond motifs is 2. The van der Waals surface area contributed by atoms with Crippen molar-refractivity contribution in [1.82, 2.24) is 14.7 Å². The van der Waals surface area contributed by atoms with Crippen LogP contribution in [0.5, 0.6) is 0 Å². The molecule has 0 saturated carbocycles. The van der Waals surface area contributed by atoms with Crippen LogP contribution >= 0.6 is 0 Å². The summed E-state index contributed by atoms with van der Waals surface area (Å²) >= 11 is 0. The maximum absolute atomic E-state index is 14.3. The smallest absolute Gasteiger partial charge is 0.378 e. The van der Waals surface area contributed by atoms with Crippen molar-refractivity contribution in [1.29, 1.82) is 0 Å². The molecule has 3 aliphatic rings. The number of rotatable bonds is 2. The third-order valence-corrected chi connectivity index (χ3v) is 6.86. The topological polar surface area (TPSA) is 53.1 Å². The Labute approximate surface area is 193 Å². The van der Waals surface area contributed by atoms with E-state index in [4.69, 9.17) is 4.74 Å². The van der Waals surface area contributed by atoms with Crippen LogP contribution in [0, 0.1) is 5.82 Å². The molecule has 5 rings (SSSR count). The van der Waals surface area contributed by atoms with Crippen molar-refractivity contribution in [2.45, 2.75) is 17.8 Å². The van der Waals surface area contributed by atoms with Gasteiger partial charge in [0.1, 0.15) is 5.82 Å². The Bertz CT molecular complexity index is 1100. The fourth-order valence-electron chi connectivity index (χ4n) is 5.23. The van der Waals surface area contributed by atoms with Crippen molar-refractivity contribution in [3.8, 4) is 0 Å². The van der Waals surface area contributed by atoms with Gasteiger partial charge in [0, 0.05) is 38.3 Å². The monoisotopic (exact) mass is 477 g/mol. The standard InChI is InChI=1S/C24H23F4N3O3/c25-20-4-2-1-3-19(20)22(33)29-11-18-12-34-10-9-31(18)23(13-29)14-30(15-23)21(32)16-5-7-17(8-6-16)24(26,27)28/h1-8,18H,9-15H2/t18-/m1/s1. The second kappa shape index (κ2) is 8.35. The van der Waals surface area contributed by atoms with Gasteiger partial charge in [0.2, 0.25) is 0 Å². The highest BCUT2D eigenvalue weighted by Crippen LogP contribution is 2.37. The number of hydrogen-bond acceptors (Lipinski definition) is 4. The second-order valence-electron chi connectivity index (χ2n) is 9.05. The van der Waals surface area contributed by atoms with E-state index in [1.54, 1.807) is 15.9 Å². The average molecular weight is 477 g/mol. The number of morpholine rings is 1. The summed E-state index contributed by atoms with van der Waals surface area (Å²) in [4.78, 5) is 31.5. The van der Waals surface area contributed by atoms with Crippen molar-refractivity contribution in [3.05, 3.63) is 71.0 Å². The molecular formula is C24H23F4N3O3. The summed E-state index contributed by atoms with van der Waals surface area (Å²) in [5.74, 6) is -1.35. The van der Waals surface area contributed by atoms with E-state index in [1.807, 2.05) is 0 Å². The van der Waals surface area contributed by atoms with Crippen LogP contribution in [0.1, 0.15) is 26.3 Å². The van der Waals surface area contributed by atoms with Gasteiger partial charge in [-0.3, -0.25) is 14.5 Å². The molecule has 6 nitrogen and oxygen atoms in total. The molecule has 10 heteroatoms. The molecule has 3 aliphatic heterocycles. The van der Waals surface area contributed by atoms with Crippen molar-refractivity contribution in [3.63, 3.8) is 0 Å². The maximum Gasteiger partial charge on any atom is 0.416 e. The molecule has 0 bridgehead atoms. The minimum atomic E-state index is -4.47. The van der Waals surface area contributed by atoms with Crippen molar-refractivity contribution < 1.29 is 31.9 Å². The summed E-state index contributed by atoms with van der Waals surface area (Å²) in [5, 5.41) is 0. The van der Waals surface area contributed by atoms with Gasteiger partial charge in [-0.1, -0.05) is 12.1 Å². The molecule has 3 heterocycles. The molecule has 2 amide bonds. The van der Waals surface area contributed by atoms with Crippen LogP contribution in [0.15, 0.2) is 48.5 Å². The number of ether oxygens (including phenoxy) is 1. The molecular weight excluding hydrogens is 454 g/mol. The van der Waals surface area contributed by atoms with E-state index in [1.165, 1.54) is 30.3 Å². The lowest BCUT2D eigenvalue weighted by molar-refractivity contribution is -0.148. The van der Waals surface area contributed by atoms with Gasteiger partial charge in [-0.05, 0) is 36.4 Å². The zero-order valence-electron chi connectivity index (χ0n) is 18.2. The summed E-state index contributed by atoms with van der Waals surface area (Å²) in [6.07, 6.45) is -4.47. The predicted molar refractivity (Wildman–Crippen MR) is 114 cm³/mol. The van der Waals surface area contributed by atoms with Gasteiger partial charge in [0.25, 0.3) is 11.8 Å². The van der Waals surface area contributed by atoms with Crippen molar-refractivity contribution in [2.24, 2.45) is 0 Å². The number of carbonyl (C=O) groups is 2. The molecule has 2 aromatic carbocycles. The molecule has 1 atom stereocenters. The zero-order valence-corrected chi connectivity index (χ0v) is 18.2. The van der Waals surface area contributed by atoms with Gasteiger partial charge in [0.15, 0.2) is 0 Å². The van der Waals surface area contributed by atoms with E-state index in [0.29, 0.717) is 45.9 Å². The molecule has 34 heavy (non-hydrogen) atoms. The van der Waals surface area contributed by atoms with E-state index in [2.05, 4.69) is 4.90 Å². The molecule has 0 aromatic heterocycles. The molecule has 0 radical (unpaired) electrons. The van der Waals surface area contributed by atoms with Crippen molar-refractivity contribution in [2.75, 3.05) is 45.9 Å². The second-order valence-corrected chi connectivity index (χ2v) is 9.05. The lowest BCUT2D eigenvalue weighted by Gasteiger charge is -2.63. The molecule has 3 saturated heterocycles. The van der Waals surface area contributed by atoms with E-state index in [-0.39, 0.29) is 23.1 Å². The first-order chi connectivity index (χ1) is 16.2.